The van der Waals surface area contributed by atoms with Crippen LogP contribution in [0.4, 0.5) is 0 Å². The largest absolute Gasteiger partial charge is 0.362 e. The van der Waals surface area contributed by atoms with Crippen molar-refractivity contribution in [1.29, 1.82) is 0 Å². The van der Waals surface area contributed by atoms with Crippen LogP contribution < -0.4 is 0 Å². The molecule has 0 amide bonds. The highest BCUT2D eigenvalue weighted by atomic mass is 32.1. The van der Waals surface area contributed by atoms with Gasteiger partial charge in [0.2, 0.25) is 0 Å². The summed E-state index contributed by atoms with van der Waals surface area (Å²) in [6.07, 6.45) is 2.55. The van der Waals surface area contributed by atoms with Crippen LogP contribution in [0.1, 0.15) is 34.5 Å². The number of aldehydes is 1. The first-order chi connectivity index (χ1) is 6.70. The summed E-state index contributed by atoms with van der Waals surface area (Å²) in [5.74, 6) is 0. The normalized spacial score (nSPS) is 26.7. The molecule has 0 N–H and O–H groups in total. The maximum absolute atomic E-state index is 10.5. The quantitative estimate of drug-likeness (QED) is 0.704. The number of rotatable bonds is 2. The van der Waals surface area contributed by atoms with Gasteiger partial charge in [-0.3, -0.25) is 0 Å². The van der Waals surface area contributed by atoms with E-state index in [1.165, 1.54) is 4.88 Å². The highest BCUT2D eigenvalue weighted by Crippen LogP contribution is 2.36. The van der Waals surface area contributed by atoms with Gasteiger partial charge in [0.15, 0.2) is 0 Å². The molecular weight excluding hydrogens is 198 g/mol. The molecule has 0 bridgehead atoms. The smallest absolute Gasteiger partial charge is 0.148 e. The topological polar surface area (TPSA) is 39.2 Å². The second kappa shape index (κ2) is 3.79. The Hall–Kier alpha value is -0.740. The predicted molar refractivity (Wildman–Crippen MR) is 54.5 cm³/mol. The van der Waals surface area contributed by atoms with E-state index in [1.807, 2.05) is 13.8 Å². The van der Waals surface area contributed by atoms with Gasteiger partial charge in [-0.05, 0) is 26.7 Å². The summed E-state index contributed by atoms with van der Waals surface area (Å²) in [5.41, 5.74) is 1.05. The van der Waals surface area contributed by atoms with Crippen molar-refractivity contribution >= 4 is 17.6 Å². The fraction of sp³-hybridized carbons (Fsp3) is 0.600. The molecule has 1 aliphatic rings. The van der Waals surface area contributed by atoms with Crippen LogP contribution in [-0.4, -0.2) is 17.4 Å². The fourth-order valence-corrected chi connectivity index (χ4v) is 2.80. The van der Waals surface area contributed by atoms with Gasteiger partial charge in [-0.15, -0.1) is 11.3 Å². The van der Waals surface area contributed by atoms with Crippen LogP contribution in [0.2, 0.25) is 0 Å². The van der Waals surface area contributed by atoms with E-state index in [-0.39, 0.29) is 12.2 Å². The lowest BCUT2D eigenvalue weighted by molar-refractivity contribution is -0.117. The van der Waals surface area contributed by atoms with Gasteiger partial charge in [0.25, 0.3) is 0 Å². The van der Waals surface area contributed by atoms with Crippen molar-refractivity contribution < 1.29 is 9.53 Å². The molecule has 1 aliphatic heterocycles. The lowest BCUT2D eigenvalue weighted by Gasteiger charge is -2.08. The van der Waals surface area contributed by atoms with Gasteiger partial charge in [-0.1, -0.05) is 0 Å². The Labute approximate surface area is 87.1 Å². The van der Waals surface area contributed by atoms with Crippen LogP contribution in [0.15, 0.2) is 0 Å². The van der Waals surface area contributed by atoms with Crippen molar-refractivity contribution in [1.82, 2.24) is 4.98 Å². The van der Waals surface area contributed by atoms with Gasteiger partial charge in [0.05, 0.1) is 21.7 Å². The minimum Gasteiger partial charge on any atom is -0.362 e. The summed E-state index contributed by atoms with van der Waals surface area (Å²) in [4.78, 5) is 16.1. The first-order valence-corrected chi connectivity index (χ1v) is 5.57. The molecular formula is C10H13NO2S. The SMILES string of the molecule is Cc1nc(C)c(C2CCC(C=O)O2)s1. The van der Waals surface area contributed by atoms with Gasteiger partial charge in [-0.2, -0.15) is 0 Å². The summed E-state index contributed by atoms with van der Waals surface area (Å²) in [5, 5.41) is 1.07. The number of aromatic nitrogens is 1. The second-order valence-corrected chi connectivity index (χ2v) is 4.79. The predicted octanol–water partition coefficient (Wildman–Crippen LogP) is 2.18. The number of carbonyl (C=O) groups is 1. The van der Waals surface area contributed by atoms with Crippen molar-refractivity contribution in [3.05, 3.63) is 15.6 Å². The van der Waals surface area contributed by atoms with E-state index < -0.39 is 0 Å². The molecule has 0 saturated carbocycles. The standard InChI is InChI=1S/C10H13NO2S/c1-6-10(14-7(2)11-6)9-4-3-8(5-12)13-9/h5,8-9H,3-4H2,1-2H3. The maximum Gasteiger partial charge on any atom is 0.148 e. The molecule has 2 unspecified atom stereocenters. The molecule has 2 rings (SSSR count). The Morgan fingerprint density at radius 3 is 2.79 bits per heavy atom. The molecule has 1 aromatic heterocycles. The van der Waals surface area contributed by atoms with Crippen LogP contribution in [0, 0.1) is 13.8 Å². The van der Waals surface area contributed by atoms with E-state index in [1.54, 1.807) is 11.3 Å². The maximum atomic E-state index is 10.5. The number of ether oxygens (including phenoxy) is 1. The average molecular weight is 211 g/mol. The monoisotopic (exact) mass is 211 g/mol. The van der Waals surface area contributed by atoms with Gasteiger partial charge in [0.1, 0.15) is 12.4 Å². The third-order valence-corrected chi connectivity index (χ3v) is 3.60. The number of hydrogen-bond donors (Lipinski definition) is 0. The summed E-state index contributed by atoms with van der Waals surface area (Å²) in [6, 6.07) is 0. The zero-order valence-electron chi connectivity index (χ0n) is 8.32. The van der Waals surface area contributed by atoms with Crippen LogP contribution >= 0.6 is 11.3 Å². The number of aryl methyl sites for hydroxylation is 2. The highest BCUT2D eigenvalue weighted by molar-refractivity contribution is 7.11. The van der Waals surface area contributed by atoms with Crippen LogP contribution in [0.3, 0.4) is 0 Å². The minimum absolute atomic E-state index is 0.0939. The molecule has 2 atom stereocenters. The van der Waals surface area contributed by atoms with E-state index in [0.29, 0.717) is 0 Å². The second-order valence-electron chi connectivity index (χ2n) is 3.56. The first-order valence-electron chi connectivity index (χ1n) is 4.75. The highest BCUT2D eigenvalue weighted by Gasteiger charge is 2.28. The van der Waals surface area contributed by atoms with E-state index in [9.17, 15) is 4.79 Å². The fourth-order valence-electron chi connectivity index (χ4n) is 1.80. The van der Waals surface area contributed by atoms with Gasteiger partial charge in [0, 0.05) is 0 Å². The van der Waals surface area contributed by atoms with Crippen molar-refractivity contribution in [2.45, 2.75) is 38.9 Å². The van der Waals surface area contributed by atoms with Gasteiger partial charge >= 0.3 is 0 Å². The zero-order valence-corrected chi connectivity index (χ0v) is 9.13. The number of hydrogen-bond acceptors (Lipinski definition) is 4. The summed E-state index contributed by atoms with van der Waals surface area (Å²) < 4.78 is 5.59. The Morgan fingerprint density at radius 1 is 1.50 bits per heavy atom. The number of carbonyl (C=O) groups excluding carboxylic acids is 1. The molecule has 14 heavy (non-hydrogen) atoms. The third kappa shape index (κ3) is 1.72. The van der Waals surface area contributed by atoms with Crippen molar-refractivity contribution in [3.8, 4) is 0 Å². The molecule has 1 fully saturated rings. The average Bonchev–Trinajstić information content (AvgIpc) is 2.71. The molecule has 1 aromatic rings. The summed E-state index contributed by atoms with van der Waals surface area (Å²) in [7, 11) is 0. The third-order valence-electron chi connectivity index (χ3n) is 2.44. The van der Waals surface area contributed by atoms with Crippen LogP contribution in [-0.2, 0) is 9.53 Å². The molecule has 76 valence electrons. The Kier molecular flexibility index (Phi) is 2.65. The molecule has 2 heterocycles. The Morgan fingerprint density at radius 2 is 2.29 bits per heavy atom. The van der Waals surface area contributed by atoms with Crippen LogP contribution in [0.25, 0.3) is 0 Å². The van der Waals surface area contributed by atoms with E-state index in [2.05, 4.69) is 4.98 Å². The molecule has 0 aliphatic carbocycles. The minimum atomic E-state index is -0.207. The van der Waals surface area contributed by atoms with Crippen molar-refractivity contribution in [2.75, 3.05) is 0 Å². The van der Waals surface area contributed by atoms with Crippen molar-refractivity contribution in [2.24, 2.45) is 0 Å². The molecule has 4 heteroatoms. The molecule has 1 saturated heterocycles. The summed E-state index contributed by atoms with van der Waals surface area (Å²) in [6.45, 7) is 3.99. The summed E-state index contributed by atoms with van der Waals surface area (Å²) >= 11 is 1.67. The Bertz CT molecular complexity index is 348. The number of nitrogens with zero attached hydrogens (tertiary/aromatic N) is 1. The first kappa shape index (κ1) is 9.80. The van der Waals surface area contributed by atoms with E-state index in [0.717, 1.165) is 29.8 Å². The lowest BCUT2D eigenvalue weighted by Crippen LogP contribution is -2.07. The molecule has 3 nitrogen and oxygen atoms in total. The van der Waals surface area contributed by atoms with E-state index in [4.69, 9.17) is 4.74 Å². The molecule has 0 spiro atoms. The lowest BCUT2D eigenvalue weighted by atomic mass is 10.1. The van der Waals surface area contributed by atoms with Crippen LogP contribution in [0.5, 0.6) is 0 Å². The molecule has 0 aromatic carbocycles. The van der Waals surface area contributed by atoms with E-state index >= 15 is 0 Å². The Balaban J connectivity index is 2.16. The van der Waals surface area contributed by atoms with Crippen molar-refractivity contribution in [3.63, 3.8) is 0 Å². The number of thiazole rings is 1. The zero-order chi connectivity index (χ0) is 10.1. The van der Waals surface area contributed by atoms with Gasteiger partial charge < -0.3 is 9.53 Å². The van der Waals surface area contributed by atoms with Gasteiger partial charge in [-0.25, -0.2) is 4.98 Å². The molecule has 0 radical (unpaired) electrons.